The van der Waals surface area contributed by atoms with Crippen LogP contribution in [0.1, 0.15) is 31.2 Å². The zero-order chi connectivity index (χ0) is 26.4. The molecular weight excluding hydrogens is 460 g/mol. The Morgan fingerprint density at radius 1 is 0.857 bits per heavy atom. The molecule has 194 valence electrons. The molecule has 1 rings (SSSR count). The van der Waals surface area contributed by atoms with E-state index in [9.17, 15) is 29.1 Å². The number of hydrogen-bond acceptors (Lipinski definition) is 8. The molecule has 13 heteroatoms. The third-order valence-electron chi connectivity index (χ3n) is 5.05. The summed E-state index contributed by atoms with van der Waals surface area (Å²) in [6.07, 6.45) is 0.809. The van der Waals surface area contributed by atoms with Crippen LogP contribution in [0.3, 0.4) is 0 Å². The van der Waals surface area contributed by atoms with Crippen molar-refractivity contribution in [2.24, 2.45) is 17.2 Å². The van der Waals surface area contributed by atoms with Gasteiger partial charge in [-0.2, -0.15) is 0 Å². The van der Waals surface area contributed by atoms with Crippen LogP contribution < -0.4 is 33.2 Å². The quantitative estimate of drug-likeness (QED) is 0.110. The first-order chi connectivity index (χ1) is 16.6. The van der Waals surface area contributed by atoms with Gasteiger partial charge >= 0.3 is 5.97 Å². The normalized spacial score (nSPS) is 14.1. The van der Waals surface area contributed by atoms with Crippen LogP contribution in [0.5, 0.6) is 0 Å². The highest BCUT2D eigenvalue weighted by atomic mass is 16.4. The van der Waals surface area contributed by atoms with Gasteiger partial charge in [0.15, 0.2) is 0 Å². The second-order valence-electron chi connectivity index (χ2n) is 7.96. The van der Waals surface area contributed by atoms with E-state index in [0.717, 1.165) is 5.56 Å². The molecule has 0 aliphatic heterocycles. The number of carbonyl (C=O) groups is 5. The molecule has 0 saturated carbocycles. The molecule has 13 nitrogen and oxygen atoms in total. The van der Waals surface area contributed by atoms with Gasteiger partial charge in [0.2, 0.25) is 23.6 Å². The number of aliphatic hydroxyl groups is 1. The summed E-state index contributed by atoms with van der Waals surface area (Å²) in [4.78, 5) is 60.1. The number of amides is 4. The molecule has 0 fully saturated rings. The number of nitrogens with one attached hydrogen (secondary N) is 3. The predicted molar refractivity (Wildman–Crippen MR) is 125 cm³/mol. The van der Waals surface area contributed by atoms with Crippen molar-refractivity contribution in [3.63, 3.8) is 0 Å². The van der Waals surface area contributed by atoms with Gasteiger partial charge in [-0.15, -0.1) is 0 Å². The molecule has 1 aromatic carbocycles. The van der Waals surface area contributed by atoms with E-state index in [4.69, 9.17) is 22.3 Å². The maximum absolute atomic E-state index is 12.8. The number of aliphatic carboxylic acids is 1. The second kappa shape index (κ2) is 15.4. The van der Waals surface area contributed by atoms with Gasteiger partial charge in [0.1, 0.15) is 18.1 Å². The molecule has 4 amide bonds. The highest BCUT2D eigenvalue weighted by Crippen LogP contribution is 2.05. The van der Waals surface area contributed by atoms with Crippen LogP contribution >= 0.6 is 0 Å². The highest BCUT2D eigenvalue weighted by Gasteiger charge is 2.30. The molecular formula is C22H34N6O7. The summed E-state index contributed by atoms with van der Waals surface area (Å²) in [5.41, 5.74) is 17.3. The van der Waals surface area contributed by atoms with Crippen molar-refractivity contribution >= 4 is 29.6 Å². The Hall–Kier alpha value is -3.55. The van der Waals surface area contributed by atoms with Gasteiger partial charge in [-0.25, -0.2) is 4.79 Å². The summed E-state index contributed by atoms with van der Waals surface area (Å²) in [7, 11) is 0. The lowest BCUT2D eigenvalue weighted by Gasteiger charge is -2.24. The Balaban J connectivity index is 2.85. The third kappa shape index (κ3) is 10.9. The van der Waals surface area contributed by atoms with Crippen molar-refractivity contribution in [3.8, 4) is 0 Å². The Morgan fingerprint density at radius 3 is 1.97 bits per heavy atom. The van der Waals surface area contributed by atoms with Crippen LogP contribution in [0.4, 0.5) is 0 Å². The van der Waals surface area contributed by atoms with E-state index >= 15 is 0 Å². The van der Waals surface area contributed by atoms with E-state index in [2.05, 4.69) is 10.6 Å². The van der Waals surface area contributed by atoms with Gasteiger partial charge < -0.3 is 43.4 Å². The van der Waals surface area contributed by atoms with Crippen molar-refractivity contribution in [2.45, 2.75) is 56.3 Å². The minimum absolute atomic E-state index is 0.187. The molecule has 0 saturated heterocycles. The Bertz CT molecular complexity index is 867. The Labute approximate surface area is 202 Å². The van der Waals surface area contributed by atoms with Crippen molar-refractivity contribution < 1.29 is 34.2 Å². The molecule has 0 spiro atoms. The number of nitrogens with two attached hydrogens (primary N) is 3. The van der Waals surface area contributed by atoms with Gasteiger partial charge in [0.05, 0.1) is 19.1 Å². The molecule has 0 radical (unpaired) electrons. The number of carboxylic acids is 1. The lowest BCUT2D eigenvalue weighted by atomic mass is 10.0. The summed E-state index contributed by atoms with van der Waals surface area (Å²) < 4.78 is 0. The van der Waals surface area contributed by atoms with E-state index < -0.39 is 66.8 Å². The molecule has 11 N–H and O–H groups in total. The van der Waals surface area contributed by atoms with E-state index in [-0.39, 0.29) is 12.8 Å². The Morgan fingerprint density at radius 2 is 1.43 bits per heavy atom. The van der Waals surface area contributed by atoms with Gasteiger partial charge in [-0.05, 0) is 37.8 Å². The number of aliphatic hydroxyl groups excluding tert-OH is 1. The number of benzene rings is 1. The minimum atomic E-state index is -1.64. The first-order valence-corrected chi connectivity index (χ1v) is 11.1. The van der Waals surface area contributed by atoms with Crippen LogP contribution in [0.15, 0.2) is 30.3 Å². The third-order valence-corrected chi connectivity index (χ3v) is 5.05. The zero-order valence-corrected chi connectivity index (χ0v) is 19.3. The van der Waals surface area contributed by atoms with Crippen molar-refractivity contribution in [2.75, 3.05) is 13.2 Å². The van der Waals surface area contributed by atoms with Gasteiger partial charge in [0.25, 0.3) is 0 Å². The summed E-state index contributed by atoms with van der Waals surface area (Å²) in [5.74, 6) is -4.88. The van der Waals surface area contributed by atoms with E-state index in [0.29, 0.717) is 19.4 Å². The average molecular weight is 495 g/mol. The first-order valence-electron chi connectivity index (χ1n) is 11.1. The van der Waals surface area contributed by atoms with Crippen molar-refractivity contribution in [3.05, 3.63) is 35.9 Å². The molecule has 4 unspecified atom stereocenters. The first kappa shape index (κ1) is 29.5. The van der Waals surface area contributed by atoms with Crippen LogP contribution in [-0.2, 0) is 30.4 Å². The van der Waals surface area contributed by atoms with E-state index in [1.807, 2.05) is 35.6 Å². The van der Waals surface area contributed by atoms with Crippen LogP contribution in [-0.4, -0.2) is 77.1 Å². The molecule has 4 atom stereocenters. The molecule has 0 bridgehead atoms. The van der Waals surface area contributed by atoms with Crippen LogP contribution in [0.2, 0.25) is 0 Å². The predicted octanol–water partition coefficient (Wildman–Crippen LogP) is -2.91. The van der Waals surface area contributed by atoms with Crippen LogP contribution in [0, 0.1) is 0 Å². The number of primary amides is 1. The van der Waals surface area contributed by atoms with Crippen molar-refractivity contribution in [1.29, 1.82) is 0 Å². The molecule has 0 aliphatic rings. The smallest absolute Gasteiger partial charge is 0.326 e. The second-order valence-corrected chi connectivity index (χ2v) is 7.96. The number of rotatable bonds is 16. The minimum Gasteiger partial charge on any atom is -0.480 e. The standard InChI is InChI=1S/C22H34N6O7/c23-9-5-4-8-15(26-19(31)14(24)10-13-6-2-1-3-7-13)20(32)28-17(12-29)21(33)27-16(22(34)35)11-18(25)30/h1-3,6-7,14-17,29H,4-5,8-12,23-24H2,(H2,25,30)(H,26,31)(H,27,33)(H,28,32)(H,34,35). The fourth-order valence-electron chi connectivity index (χ4n) is 3.14. The fourth-order valence-corrected chi connectivity index (χ4v) is 3.14. The summed E-state index contributed by atoms with van der Waals surface area (Å²) in [6, 6.07) is 3.86. The van der Waals surface area contributed by atoms with E-state index in [1.165, 1.54) is 0 Å². The monoisotopic (exact) mass is 494 g/mol. The van der Waals surface area contributed by atoms with Gasteiger partial charge in [-0.1, -0.05) is 30.3 Å². The SMILES string of the molecule is NCCCCC(NC(=O)C(N)Cc1ccccc1)C(=O)NC(CO)C(=O)NC(CC(N)=O)C(=O)O. The highest BCUT2D eigenvalue weighted by molar-refractivity contribution is 5.95. The maximum Gasteiger partial charge on any atom is 0.326 e. The number of hydrogen-bond donors (Lipinski definition) is 8. The lowest BCUT2D eigenvalue weighted by molar-refractivity contribution is -0.144. The summed E-state index contributed by atoms with van der Waals surface area (Å²) in [5, 5.41) is 25.6. The summed E-state index contributed by atoms with van der Waals surface area (Å²) >= 11 is 0. The van der Waals surface area contributed by atoms with Crippen molar-refractivity contribution in [1.82, 2.24) is 16.0 Å². The zero-order valence-electron chi connectivity index (χ0n) is 19.3. The maximum atomic E-state index is 12.8. The van der Waals surface area contributed by atoms with Gasteiger partial charge in [-0.3, -0.25) is 19.2 Å². The largest absolute Gasteiger partial charge is 0.480 e. The van der Waals surface area contributed by atoms with Gasteiger partial charge in [0, 0.05) is 0 Å². The topological polar surface area (TPSA) is 240 Å². The number of carbonyl (C=O) groups excluding carboxylic acids is 4. The number of carboxylic acid groups (broad SMARTS) is 1. The molecule has 1 aromatic rings. The Kier molecular flexibility index (Phi) is 12.9. The average Bonchev–Trinajstić information content (AvgIpc) is 2.81. The summed E-state index contributed by atoms with van der Waals surface area (Å²) in [6.45, 7) is -0.495. The fraction of sp³-hybridized carbons (Fsp3) is 0.500. The molecule has 0 aliphatic carbocycles. The van der Waals surface area contributed by atoms with E-state index in [1.54, 1.807) is 0 Å². The molecule has 35 heavy (non-hydrogen) atoms. The number of unbranched alkanes of at least 4 members (excludes halogenated alkanes) is 1. The van der Waals surface area contributed by atoms with Crippen LogP contribution in [0.25, 0.3) is 0 Å². The lowest BCUT2D eigenvalue weighted by Crippen LogP contribution is -2.58. The molecule has 0 heterocycles. The molecule has 0 aromatic heterocycles.